The maximum absolute atomic E-state index is 14.0. The summed E-state index contributed by atoms with van der Waals surface area (Å²) in [6, 6.07) is 5.77. The molecule has 6 rings (SSSR count). The van der Waals surface area contributed by atoms with Crippen LogP contribution in [0.4, 0.5) is 4.39 Å². The van der Waals surface area contributed by atoms with Gasteiger partial charge >= 0.3 is 0 Å². The molecule has 1 aliphatic heterocycles. The molecule has 1 aromatic carbocycles. The maximum Gasteiger partial charge on any atom is 0.240 e. The SMILES string of the molecule is CN(CCC12CC3CC(CC(C3)C1)C2)C(=O)C[C@@]1(c2cccc(F)c2)CC(=O)N(C)C1=O. The molecule has 5 nitrogen and oxygen atoms in total. The van der Waals surface area contributed by atoms with Crippen LogP contribution in [-0.4, -0.2) is 48.2 Å². The van der Waals surface area contributed by atoms with Gasteiger partial charge in [0, 0.05) is 33.5 Å². The number of benzene rings is 1. The molecule has 4 bridgehead atoms. The maximum atomic E-state index is 14.0. The summed E-state index contributed by atoms with van der Waals surface area (Å²) < 4.78 is 14.0. The van der Waals surface area contributed by atoms with E-state index >= 15 is 0 Å². The summed E-state index contributed by atoms with van der Waals surface area (Å²) >= 11 is 0. The number of likely N-dealkylation sites (N-methyl/N-ethyl adjacent to an activating group) is 1. The summed E-state index contributed by atoms with van der Waals surface area (Å²) in [7, 11) is 3.24. The minimum Gasteiger partial charge on any atom is -0.346 e. The summed E-state index contributed by atoms with van der Waals surface area (Å²) in [5, 5.41) is 0. The molecule has 0 aromatic heterocycles. The highest BCUT2D eigenvalue weighted by Crippen LogP contribution is 2.61. The lowest BCUT2D eigenvalue weighted by atomic mass is 9.49. The van der Waals surface area contributed by atoms with E-state index in [1.165, 1.54) is 63.8 Å². The second kappa shape index (κ2) is 7.67. The molecule has 0 radical (unpaired) electrons. The van der Waals surface area contributed by atoms with Crippen molar-refractivity contribution in [3.8, 4) is 0 Å². The summed E-state index contributed by atoms with van der Waals surface area (Å²) in [5.74, 6) is 1.23. The number of carbonyl (C=O) groups is 3. The van der Waals surface area contributed by atoms with E-state index in [-0.39, 0.29) is 24.7 Å². The summed E-state index contributed by atoms with van der Waals surface area (Å²) in [6.45, 7) is 0.669. The van der Waals surface area contributed by atoms with Crippen molar-refractivity contribution in [2.24, 2.45) is 23.2 Å². The molecule has 5 fully saturated rings. The summed E-state index contributed by atoms with van der Waals surface area (Å²) in [5.41, 5.74) is -0.536. The van der Waals surface area contributed by atoms with Crippen LogP contribution in [0.25, 0.3) is 0 Å². The monoisotopic (exact) mass is 440 g/mol. The van der Waals surface area contributed by atoms with Crippen molar-refractivity contribution in [3.05, 3.63) is 35.6 Å². The first-order valence-electron chi connectivity index (χ1n) is 12.0. The largest absolute Gasteiger partial charge is 0.346 e. The van der Waals surface area contributed by atoms with Gasteiger partial charge in [0.1, 0.15) is 5.82 Å². The number of halogens is 1. The molecule has 172 valence electrons. The van der Waals surface area contributed by atoms with Crippen LogP contribution in [0.3, 0.4) is 0 Å². The van der Waals surface area contributed by atoms with Crippen LogP contribution in [0.2, 0.25) is 0 Å². The number of rotatable bonds is 6. The van der Waals surface area contributed by atoms with E-state index in [0.717, 1.165) is 29.1 Å². The first-order chi connectivity index (χ1) is 15.2. The lowest BCUT2D eigenvalue weighted by Crippen LogP contribution is -2.48. The lowest BCUT2D eigenvalue weighted by molar-refractivity contribution is -0.141. The van der Waals surface area contributed by atoms with E-state index in [1.54, 1.807) is 18.0 Å². The zero-order chi connectivity index (χ0) is 22.7. The first kappa shape index (κ1) is 21.6. The van der Waals surface area contributed by atoms with Gasteiger partial charge in [-0.25, -0.2) is 4.39 Å². The highest BCUT2D eigenvalue weighted by atomic mass is 19.1. The van der Waals surface area contributed by atoms with E-state index in [4.69, 9.17) is 0 Å². The van der Waals surface area contributed by atoms with Gasteiger partial charge in [-0.05, 0) is 85.8 Å². The van der Waals surface area contributed by atoms with Gasteiger partial charge in [-0.15, -0.1) is 0 Å². The molecule has 3 amide bonds. The van der Waals surface area contributed by atoms with E-state index in [9.17, 15) is 18.8 Å². The Kier molecular flexibility index (Phi) is 5.18. The molecule has 6 heteroatoms. The van der Waals surface area contributed by atoms with Crippen LogP contribution in [0, 0.1) is 29.0 Å². The second-order valence-electron chi connectivity index (χ2n) is 11.2. The molecule has 0 N–H and O–H groups in total. The van der Waals surface area contributed by atoms with Crippen LogP contribution in [-0.2, 0) is 19.8 Å². The molecule has 4 saturated carbocycles. The summed E-state index contributed by atoms with van der Waals surface area (Å²) in [6.07, 6.45) is 8.89. The third-order valence-electron chi connectivity index (χ3n) is 8.94. The van der Waals surface area contributed by atoms with E-state index < -0.39 is 17.1 Å². The van der Waals surface area contributed by atoms with Gasteiger partial charge in [0.05, 0.1) is 5.41 Å². The number of hydrogen-bond donors (Lipinski definition) is 0. The fourth-order valence-electron chi connectivity index (χ4n) is 7.66. The highest BCUT2D eigenvalue weighted by Gasteiger charge is 2.53. The average Bonchev–Trinajstić information content (AvgIpc) is 2.95. The topological polar surface area (TPSA) is 57.7 Å². The van der Waals surface area contributed by atoms with Crippen LogP contribution in [0.15, 0.2) is 24.3 Å². The van der Waals surface area contributed by atoms with Crippen LogP contribution in [0.5, 0.6) is 0 Å². The van der Waals surface area contributed by atoms with E-state index in [0.29, 0.717) is 17.5 Å². The molecule has 4 aliphatic carbocycles. The Morgan fingerprint density at radius 3 is 2.28 bits per heavy atom. The molecule has 1 heterocycles. The van der Waals surface area contributed by atoms with Gasteiger partial charge in [-0.3, -0.25) is 19.3 Å². The standard InChI is InChI=1S/C26H33FN2O3/c1-28(7-6-25-12-17-8-18(13-25)10-19(9-17)14-25)22(30)15-26(16-23(31)29(2)24(26)32)20-4-3-5-21(27)11-20/h3-5,11,17-19H,6-10,12-16H2,1-2H3/t17?,18?,19?,25?,26-/m0/s1. The normalized spacial score (nSPS) is 35.6. The average molecular weight is 441 g/mol. The smallest absolute Gasteiger partial charge is 0.240 e. The van der Waals surface area contributed by atoms with Gasteiger partial charge in [0.15, 0.2) is 0 Å². The number of amides is 3. The Morgan fingerprint density at radius 1 is 1.12 bits per heavy atom. The molecule has 0 spiro atoms. The van der Waals surface area contributed by atoms with E-state index in [1.807, 2.05) is 0 Å². The predicted molar refractivity (Wildman–Crippen MR) is 118 cm³/mol. The minimum absolute atomic E-state index is 0.0969. The predicted octanol–water partition coefficient (Wildman–Crippen LogP) is 3.91. The Bertz CT molecular complexity index is 925. The number of hydrogen-bond acceptors (Lipinski definition) is 3. The third-order valence-corrected chi connectivity index (χ3v) is 8.94. The van der Waals surface area contributed by atoms with Gasteiger partial charge in [0.25, 0.3) is 0 Å². The number of likely N-dealkylation sites (tertiary alicyclic amines) is 1. The Morgan fingerprint density at radius 2 is 1.75 bits per heavy atom. The first-order valence-corrected chi connectivity index (χ1v) is 12.0. The van der Waals surface area contributed by atoms with Crippen molar-refractivity contribution < 1.29 is 18.8 Å². The van der Waals surface area contributed by atoms with Crippen LogP contribution in [0.1, 0.15) is 63.4 Å². The van der Waals surface area contributed by atoms with Crippen molar-refractivity contribution in [2.45, 2.75) is 63.2 Å². The second-order valence-corrected chi connectivity index (χ2v) is 11.2. The van der Waals surface area contributed by atoms with Crippen LogP contribution >= 0.6 is 0 Å². The summed E-state index contributed by atoms with van der Waals surface area (Å²) in [4.78, 5) is 41.6. The van der Waals surface area contributed by atoms with Gasteiger partial charge < -0.3 is 4.90 Å². The molecule has 1 aromatic rings. The highest BCUT2D eigenvalue weighted by molar-refractivity contribution is 6.10. The van der Waals surface area contributed by atoms with Crippen molar-refractivity contribution >= 4 is 17.7 Å². The minimum atomic E-state index is -1.32. The Labute approximate surface area is 189 Å². The molecule has 1 saturated heterocycles. The van der Waals surface area contributed by atoms with E-state index in [2.05, 4.69) is 0 Å². The number of imide groups is 1. The zero-order valence-electron chi connectivity index (χ0n) is 19.1. The molecule has 5 aliphatic rings. The fraction of sp³-hybridized carbons (Fsp3) is 0.654. The van der Waals surface area contributed by atoms with Crippen molar-refractivity contribution in [3.63, 3.8) is 0 Å². The third kappa shape index (κ3) is 3.56. The number of nitrogens with zero attached hydrogens (tertiary/aromatic N) is 2. The Balaban J connectivity index is 1.31. The Hall–Kier alpha value is -2.24. The van der Waals surface area contributed by atoms with Crippen molar-refractivity contribution in [1.82, 2.24) is 9.80 Å². The van der Waals surface area contributed by atoms with Gasteiger partial charge in [-0.2, -0.15) is 0 Å². The van der Waals surface area contributed by atoms with Gasteiger partial charge in [-0.1, -0.05) is 12.1 Å². The van der Waals surface area contributed by atoms with Crippen molar-refractivity contribution in [2.75, 3.05) is 20.6 Å². The molecule has 0 unspecified atom stereocenters. The lowest BCUT2D eigenvalue weighted by Gasteiger charge is -2.57. The zero-order valence-corrected chi connectivity index (χ0v) is 19.1. The van der Waals surface area contributed by atoms with Crippen LogP contribution < -0.4 is 0 Å². The molecular weight excluding hydrogens is 407 g/mol. The quantitative estimate of drug-likeness (QED) is 0.631. The van der Waals surface area contributed by atoms with Gasteiger partial charge in [0.2, 0.25) is 17.7 Å². The molecule has 32 heavy (non-hydrogen) atoms. The fourth-order valence-corrected chi connectivity index (χ4v) is 7.66. The molecular formula is C26H33FN2O3. The van der Waals surface area contributed by atoms with Crippen molar-refractivity contribution in [1.29, 1.82) is 0 Å². The molecule has 1 atom stereocenters. The number of carbonyl (C=O) groups excluding carboxylic acids is 3.